The van der Waals surface area contributed by atoms with Crippen molar-refractivity contribution in [1.29, 1.82) is 0 Å². The molecule has 0 fully saturated rings. The second-order valence-corrected chi connectivity index (χ2v) is 6.45. The number of nitrogen functional groups attached to an aromatic ring is 1. The smallest absolute Gasteiger partial charge is 0.332 e. The first kappa shape index (κ1) is 18.2. The Morgan fingerprint density at radius 3 is 2.45 bits per heavy atom. The summed E-state index contributed by atoms with van der Waals surface area (Å²) in [5, 5.41) is 2.81. The van der Waals surface area contributed by atoms with Gasteiger partial charge in [0.2, 0.25) is 0 Å². The fourth-order valence-electron chi connectivity index (χ4n) is 3.22. The molecule has 3 aromatic heterocycles. The van der Waals surface area contributed by atoms with E-state index in [9.17, 15) is 14.4 Å². The number of aromatic nitrogens is 3. The van der Waals surface area contributed by atoms with Gasteiger partial charge in [0.1, 0.15) is 11.6 Å². The summed E-state index contributed by atoms with van der Waals surface area (Å²) in [6.45, 7) is 0. The van der Waals surface area contributed by atoms with Gasteiger partial charge in [0.15, 0.2) is 5.65 Å². The van der Waals surface area contributed by atoms with Crippen LogP contribution in [0.2, 0.25) is 0 Å². The van der Waals surface area contributed by atoms with Crippen molar-refractivity contribution < 1.29 is 9.21 Å². The predicted molar refractivity (Wildman–Crippen MR) is 109 cm³/mol. The van der Waals surface area contributed by atoms with E-state index < -0.39 is 17.2 Å². The van der Waals surface area contributed by atoms with Crippen molar-refractivity contribution in [1.82, 2.24) is 14.1 Å². The number of nitrogens with one attached hydrogen (secondary N) is 1. The van der Waals surface area contributed by atoms with Gasteiger partial charge in [0.25, 0.3) is 11.5 Å². The third kappa shape index (κ3) is 2.89. The Bertz CT molecular complexity index is 1350. The number of hydrogen-bond acceptors (Lipinski definition) is 6. The molecule has 4 aromatic rings. The molecule has 1 aromatic carbocycles. The van der Waals surface area contributed by atoms with Crippen molar-refractivity contribution in [3.63, 3.8) is 0 Å². The monoisotopic (exact) mass is 391 g/mol. The average molecular weight is 391 g/mol. The number of aryl methyl sites for hydroxylation is 1. The summed E-state index contributed by atoms with van der Waals surface area (Å²) in [6, 6.07) is 12.0. The van der Waals surface area contributed by atoms with Gasteiger partial charge in [-0.3, -0.25) is 18.7 Å². The third-order valence-corrected chi connectivity index (χ3v) is 4.64. The Labute approximate surface area is 164 Å². The van der Waals surface area contributed by atoms with E-state index in [0.717, 1.165) is 4.57 Å². The van der Waals surface area contributed by atoms with Gasteiger partial charge in [-0.1, -0.05) is 18.2 Å². The number of amides is 1. The Balaban J connectivity index is 2.09. The van der Waals surface area contributed by atoms with Crippen LogP contribution in [-0.2, 0) is 14.1 Å². The third-order valence-electron chi connectivity index (χ3n) is 4.64. The molecule has 0 saturated carbocycles. The number of furan rings is 1. The number of para-hydroxylation sites is 1. The van der Waals surface area contributed by atoms with Crippen LogP contribution in [0.15, 0.2) is 62.7 Å². The number of benzene rings is 1. The molecule has 0 aliphatic heterocycles. The quantitative estimate of drug-likeness (QED) is 0.548. The maximum atomic E-state index is 13.1. The molecule has 1 amide bonds. The summed E-state index contributed by atoms with van der Waals surface area (Å²) < 4.78 is 7.65. The van der Waals surface area contributed by atoms with Crippen LogP contribution in [-0.4, -0.2) is 20.0 Å². The van der Waals surface area contributed by atoms with E-state index in [0.29, 0.717) is 5.69 Å². The van der Waals surface area contributed by atoms with E-state index in [1.165, 1.54) is 24.9 Å². The molecule has 0 radical (unpaired) electrons. The predicted octanol–water partition coefficient (Wildman–Crippen LogP) is 1.73. The lowest BCUT2D eigenvalue weighted by Crippen LogP contribution is -2.38. The summed E-state index contributed by atoms with van der Waals surface area (Å²) in [6.07, 6.45) is 1.42. The number of fused-ring (bicyclic) bond motifs is 1. The van der Waals surface area contributed by atoms with Crippen molar-refractivity contribution in [3.8, 4) is 11.3 Å². The first-order chi connectivity index (χ1) is 13.9. The minimum absolute atomic E-state index is 0.00736. The highest BCUT2D eigenvalue weighted by atomic mass is 16.3. The molecule has 0 unspecified atom stereocenters. The summed E-state index contributed by atoms with van der Waals surface area (Å²) in [5.74, 6) is -0.413. The first-order valence-electron chi connectivity index (χ1n) is 8.69. The van der Waals surface area contributed by atoms with Gasteiger partial charge in [0.05, 0.1) is 22.8 Å². The number of hydrogen-bond donors (Lipinski definition) is 2. The minimum atomic E-state index is -0.601. The zero-order chi connectivity index (χ0) is 20.7. The Kier molecular flexibility index (Phi) is 4.27. The fourth-order valence-corrected chi connectivity index (χ4v) is 3.22. The molecule has 0 aliphatic rings. The number of pyridine rings is 1. The summed E-state index contributed by atoms with van der Waals surface area (Å²) >= 11 is 0. The molecule has 9 nitrogen and oxygen atoms in total. The molecule has 0 aliphatic carbocycles. The second kappa shape index (κ2) is 6.79. The maximum Gasteiger partial charge on any atom is 0.332 e. The lowest BCUT2D eigenvalue weighted by atomic mass is 10.0. The zero-order valence-electron chi connectivity index (χ0n) is 15.7. The van der Waals surface area contributed by atoms with E-state index in [-0.39, 0.29) is 33.7 Å². The van der Waals surface area contributed by atoms with Crippen LogP contribution in [0.5, 0.6) is 0 Å². The Hall–Kier alpha value is -4.14. The molecule has 29 heavy (non-hydrogen) atoms. The number of carbonyl (C=O) groups excluding carboxylic acids is 1. The SMILES string of the molecule is Cn1c(=O)c2c(-c3ccco3)c(C(=O)Nc3ccccc3)c(N)nc2n(C)c1=O. The van der Waals surface area contributed by atoms with Crippen LogP contribution in [0.3, 0.4) is 0 Å². The fraction of sp³-hybridized carbons (Fsp3) is 0.100. The van der Waals surface area contributed by atoms with E-state index in [2.05, 4.69) is 10.3 Å². The summed E-state index contributed by atoms with van der Waals surface area (Å²) in [5.41, 5.74) is 5.76. The van der Waals surface area contributed by atoms with Gasteiger partial charge in [-0.05, 0) is 24.3 Å². The van der Waals surface area contributed by atoms with E-state index >= 15 is 0 Å². The molecule has 4 rings (SSSR count). The number of nitrogens with zero attached hydrogens (tertiary/aromatic N) is 3. The van der Waals surface area contributed by atoms with Gasteiger partial charge in [-0.25, -0.2) is 9.78 Å². The molecule has 146 valence electrons. The molecule has 3 heterocycles. The molecule has 9 heteroatoms. The van der Waals surface area contributed by atoms with Gasteiger partial charge in [0, 0.05) is 19.8 Å². The van der Waals surface area contributed by atoms with Gasteiger partial charge < -0.3 is 15.5 Å². The molecule has 0 atom stereocenters. The summed E-state index contributed by atoms with van der Waals surface area (Å²) in [4.78, 5) is 42.6. The zero-order valence-corrected chi connectivity index (χ0v) is 15.7. The van der Waals surface area contributed by atoms with Crippen LogP contribution in [0.1, 0.15) is 10.4 Å². The lowest BCUT2D eigenvalue weighted by molar-refractivity contribution is 0.102. The van der Waals surface area contributed by atoms with Crippen molar-refractivity contribution in [2.75, 3.05) is 11.1 Å². The van der Waals surface area contributed by atoms with E-state index in [1.54, 1.807) is 36.4 Å². The molecule has 0 spiro atoms. The highest BCUT2D eigenvalue weighted by molar-refractivity contribution is 6.15. The molecular weight excluding hydrogens is 374 g/mol. The number of rotatable bonds is 3. The van der Waals surface area contributed by atoms with E-state index in [4.69, 9.17) is 10.2 Å². The standard InChI is InChI=1S/C20H17N5O4/c1-24-17-15(19(27)25(2)20(24)28)13(12-9-6-10-29-12)14(16(21)23-17)18(26)22-11-7-4-3-5-8-11/h3-10H,1-2H3,(H2,21,23)(H,22,26). The number of carbonyl (C=O) groups is 1. The highest BCUT2D eigenvalue weighted by Crippen LogP contribution is 2.33. The first-order valence-corrected chi connectivity index (χ1v) is 8.69. The second-order valence-electron chi connectivity index (χ2n) is 6.45. The Morgan fingerprint density at radius 2 is 1.79 bits per heavy atom. The van der Waals surface area contributed by atoms with Crippen LogP contribution < -0.4 is 22.3 Å². The van der Waals surface area contributed by atoms with Crippen LogP contribution in [0, 0.1) is 0 Å². The minimum Gasteiger partial charge on any atom is -0.464 e. The van der Waals surface area contributed by atoms with Crippen LogP contribution >= 0.6 is 0 Å². The highest BCUT2D eigenvalue weighted by Gasteiger charge is 2.26. The average Bonchev–Trinajstić information content (AvgIpc) is 3.25. The van der Waals surface area contributed by atoms with E-state index in [1.807, 2.05) is 6.07 Å². The molecule has 0 bridgehead atoms. The largest absolute Gasteiger partial charge is 0.464 e. The Morgan fingerprint density at radius 1 is 1.07 bits per heavy atom. The van der Waals surface area contributed by atoms with Crippen LogP contribution in [0.25, 0.3) is 22.4 Å². The van der Waals surface area contributed by atoms with Crippen molar-refractivity contribution in [2.45, 2.75) is 0 Å². The molecule has 3 N–H and O–H groups in total. The van der Waals surface area contributed by atoms with Crippen molar-refractivity contribution in [3.05, 3.63) is 75.1 Å². The van der Waals surface area contributed by atoms with Crippen molar-refractivity contribution >= 4 is 28.4 Å². The van der Waals surface area contributed by atoms with Gasteiger partial charge >= 0.3 is 5.69 Å². The molecular formula is C20H17N5O4. The van der Waals surface area contributed by atoms with Crippen molar-refractivity contribution in [2.24, 2.45) is 14.1 Å². The number of nitrogens with two attached hydrogens (primary N) is 1. The van der Waals surface area contributed by atoms with Gasteiger partial charge in [-0.15, -0.1) is 0 Å². The van der Waals surface area contributed by atoms with Gasteiger partial charge in [-0.2, -0.15) is 0 Å². The lowest BCUT2D eigenvalue weighted by Gasteiger charge is -2.15. The topological polar surface area (TPSA) is 125 Å². The number of anilines is 2. The molecule has 0 saturated heterocycles. The summed E-state index contributed by atoms with van der Waals surface area (Å²) in [7, 11) is 2.84. The van der Waals surface area contributed by atoms with Crippen LogP contribution in [0.4, 0.5) is 11.5 Å². The normalized spacial score (nSPS) is 11.0. The maximum absolute atomic E-state index is 13.1.